The predicted octanol–water partition coefficient (Wildman–Crippen LogP) is 4.29. The summed E-state index contributed by atoms with van der Waals surface area (Å²) < 4.78 is 10.8. The van der Waals surface area contributed by atoms with Gasteiger partial charge < -0.3 is 19.3 Å². The molecule has 0 saturated carbocycles. The molecule has 0 radical (unpaired) electrons. The van der Waals surface area contributed by atoms with Crippen LogP contribution in [0.25, 0.3) is 0 Å². The van der Waals surface area contributed by atoms with Gasteiger partial charge in [-0.25, -0.2) is 9.59 Å². The molecule has 1 saturated heterocycles. The first-order valence-corrected chi connectivity index (χ1v) is 9.64. The molecule has 0 unspecified atom stereocenters. The topological polar surface area (TPSA) is 59.1 Å². The molecular formula is C21H32N2O4. The fraction of sp³-hybridized carbons (Fsp3) is 0.619. The fourth-order valence-corrected chi connectivity index (χ4v) is 3.02. The number of piperidine rings is 1. The Balaban J connectivity index is 1.66. The highest BCUT2D eigenvalue weighted by atomic mass is 16.6. The first-order valence-electron chi connectivity index (χ1n) is 9.64. The molecule has 0 aliphatic carbocycles. The molecule has 0 N–H and O–H groups in total. The summed E-state index contributed by atoms with van der Waals surface area (Å²) in [6.45, 7) is 7.98. The number of hydrogen-bond acceptors (Lipinski definition) is 4. The van der Waals surface area contributed by atoms with E-state index in [0.29, 0.717) is 32.2 Å². The van der Waals surface area contributed by atoms with Crippen molar-refractivity contribution in [2.75, 3.05) is 26.7 Å². The molecule has 1 aliphatic heterocycles. The van der Waals surface area contributed by atoms with Crippen molar-refractivity contribution in [2.45, 2.75) is 52.2 Å². The standard InChI is InChI=1S/C21H32N2O4/c1-21(2,3)27-19(24)22(4)13-10-17-11-14-23(15-12-17)20(25)26-16-18-8-6-5-7-9-18/h5-9,17H,10-16H2,1-4H3. The number of amides is 2. The summed E-state index contributed by atoms with van der Waals surface area (Å²) in [5.41, 5.74) is 0.516. The monoisotopic (exact) mass is 376 g/mol. The minimum absolute atomic E-state index is 0.247. The van der Waals surface area contributed by atoms with Crippen LogP contribution < -0.4 is 0 Å². The zero-order chi connectivity index (χ0) is 19.9. The van der Waals surface area contributed by atoms with Crippen LogP contribution in [0.15, 0.2) is 30.3 Å². The van der Waals surface area contributed by atoms with Crippen molar-refractivity contribution >= 4 is 12.2 Å². The number of likely N-dealkylation sites (tertiary alicyclic amines) is 1. The number of carbonyl (C=O) groups is 2. The molecule has 0 atom stereocenters. The molecule has 1 aliphatic rings. The van der Waals surface area contributed by atoms with E-state index in [1.165, 1.54) is 0 Å². The third-order valence-corrected chi connectivity index (χ3v) is 4.66. The summed E-state index contributed by atoms with van der Waals surface area (Å²) in [5, 5.41) is 0. The lowest BCUT2D eigenvalue weighted by Crippen LogP contribution is -2.40. The molecule has 6 heteroatoms. The van der Waals surface area contributed by atoms with E-state index in [-0.39, 0.29) is 12.2 Å². The number of rotatable bonds is 5. The summed E-state index contributed by atoms with van der Waals surface area (Å²) in [6, 6.07) is 9.70. The van der Waals surface area contributed by atoms with Crippen molar-refractivity contribution in [2.24, 2.45) is 5.92 Å². The zero-order valence-electron chi connectivity index (χ0n) is 16.9. The Morgan fingerprint density at radius 3 is 2.37 bits per heavy atom. The van der Waals surface area contributed by atoms with E-state index in [2.05, 4.69) is 0 Å². The molecule has 1 aromatic rings. The van der Waals surface area contributed by atoms with E-state index in [4.69, 9.17) is 9.47 Å². The number of carbonyl (C=O) groups excluding carboxylic acids is 2. The molecular weight excluding hydrogens is 344 g/mol. The first-order chi connectivity index (χ1) is 12.7. The Morgan fingerprint density at radius 2 is 1.78 bits per heavy atom. The highest BCUT2D eigenvalue weighted by Crippen LogP contribution is 2.22. The number of nitrogens with zero attached hydrogens (tertiary/aromatic N) is 2. The van der Waals surface area contributed by atoms with Gasteiger partial charge in [0.25, 0.3) is 0 Å². The third kappa shape index (κ3) is 7.49. The van der Waals surface area contributed by atoms with Crippen molar-refractivity contribution in [1.82, 2.24) is 9.80 Å². The molecule has 2 amide bonds. The molecule has 1 heterocycles. The third-order valence-electron chi connectivity index (χ3n) is 4.66. The van der Waals surface area contributed by atoms with E-state index < -0.39 is 5.60 Å². The van der Waals surface area contributed by atoms with Crippen molar-refractivity contribution in [3.05, 3.63) is 35.9 Å². The Kier molecular flexibility index (Phi) is 7.51. The molecule has 0 bridgehead atoms. The Labute approximate surface area is 162 Å². The summed E-state index contributed by atoms with van der Waals surface area (Å²) in [7, 11) is 1.77. The van der Waals surface area contributed by atoms with Gasteiger partial charge in [0.15, 0.2) is 0 Å². The van der Waals surface area contributed by atoms with Crippen molar-refractivity contribution < 1.29 is 19.1 Å². The van der Waals surface area contributed by atoms with Crippen LogP contribution in [-0.2, 0) is 16.1 Å². The van der Waals surface area contributed by atoms with Crippen molar-refractivity contribution in [3.63, 3.8) is 0 Å². The van der Waals surface area contributed by atoms with Crippen LogP contribution in [0.5, 0.6) is 0 Å². The van der Waals surface area contributed by atoms with Gasteiger partial charge in [0.1, 0.15) is 12.2 Å². The van der Waals surface area contributed by atoms with Crippen LogP contribution in [0.1, 0.15) is 45.6 Å². The fourth-order valence-electron chi connectivity index (χ4n) is 3.02. The number of ether oxygens (including phenoxy) is 2. The van der Waals surface area contributed by atoms with E-state index >= 15 is 0 Å². The molecule has 0 spiro atoms. The number of hydrogen-bond donors (Lipinski definition) is 0. The van der Waals surface area contributed by atoms with Crippen LogP contribution in [0.4, 0.5) is 9.59 Å². The van der Waals surface area contributed by atoms with Crippen molar-refractivity contribution in [3.8, 4) is 0 Å². The second-order valence-corrected chi connectivity index (χ2v) is 8.16. The summed E-state index contributed by atoms with van der Waals surface area (Å²) in [5.74, 6) is 0.507. The minimum Gasteiger partial charge on any atom is -0.445 e. The van der Waals surface area contributed by atoms with Gasteiger partial charge in [0.2, 0.25) is 0 Å². The molecule has 27 heavy (non-hydrogen) atoms. The lowest BCUT2D eigenvalue weighted by molar-refractivity contribution is 0.0284. The summed E-state index contributed by atoms with van der Waals surface area (Å²) in [6.07, 6.45) is 2.25. The largest absolute Gasteiger partial charge is 0.445 e. The van der Waals surface area contributed by atoms with Gasteiger partial charge in [0.05, 0.1) is 0 Å². The van der Waals surface area contributed by atoms with Crippen LogP contribution in [0, 0.1) is 5.92 Å². The number of benzene rings is 1. The zero-order valence-corrected chi connectivity index (χ0v) is 16.9. The van der Waals surface area contributed by atoms with Crippen LogP contribution in [-0.4, -0.2) is 54.3 Å². The van der Waals surface area contributed by atoms with Gasteiger partial charge >= 0.3 is 12.2 Å². The van der Waals surface area contributed by atoms with E-state index in [9.17, 15) is 9.59 Å². The molecule has 1 fully saturated rings. The normalized spacial score (nSPS) is 15.3. The Hall–Kier alpha value is -2.24. The lowest BCUT2D eigenvalue weighted by atomic mass is 9.93. The average molecular weight is 376 g/mol. The van der Waals surface area contributed by atoms with Gasteiger partial charge in [-0.05, 0) is 51.5 Å². The van der Waals surface area contributed by atoms with E-state index in [0.717, 1.165) is 24.8 Å². The Bertz CT molecular complexity index is 604. The maximum Gasteiger partial charge on any atom is 0.410 e. The quantitative estimate of drug-likeness (QED) is 0.769. The minimum atomic E-state index is -0.475. The maximum atomic E-state index is 12.2. The summed E-state index contributed by atoms with van der Waals surface area (Å²) >= 11 is 0. The lowest BCUT2D eigenvalue weighted by Gasteiger charge is -2.32. The highest BCUT2D eigenvalue weighted by Gasteiger charge is 2.25. The molecule has 1 aromatic carbocycles. The predicted molar refractivity (Wildman–Crippen MR) is 104 cm³/mol. The molecule has 6 nitrogen and oxygen atoms in total. The smallest absolute Gasteiger partial charge is 0.410 e. The Morgan fingerprint density at radius 1 is 1.15 bits per heavy atom. The van der Waals surface area contributed by atoms with Crippen LogP contribution >= 0.6 is 0 Å². The van der Waals surface area contributed by atoms with E-state index in [1.807, 2.05) is 51.1 Å². The summed E-state index contributed by atoms with van der Waals surface area (Å²) in [4.78, 5) is 27.6. The molecule has 0 aromatic heterocycles. The van der Waals surface area contributed by atoms with Gasteiger partial charge in [0, 0.05) is 26.7 Å². The SMILES string of the molecule is CN(CCC1CCN(C(=O)OCc2ccccc2)CC1)C(=O)OC(C)(C)C. The van der Waals surface area contributed by atoms with Gasteiger partial charge in [-0.15, -0.1) is 0 Å². The van der Waals surface area contributed by atoms with Gasteiger partial charge in [-0.2, -0.15) is 0 Å². The second-order valence-electron chi connectivity index (χ2n) is 8.16. The van der Waals surface area contributed by atoms with E-state index in [1.54, 1.807) is 16.8 Å². The van der Waals surface area contributed by atoms with Gasteiger partial charge in [-0.1, -0.05) is 30.3 Å². The van der Waals surface area contributed by atoms with Crippen molar-refractivity contribution in [1.29, 1.82) is 0 Å². The van der Waals surface area contributed by atoms with Gasteiger partial charge in [-0.3, -0.25) is 0 Å². The second kappa shape index (κ2) is 9.62. The molecule has 2 rings (SSSR count). The maximum absolute atomic E-state index is 12.2. The highest BCUT2D eigenvalue weighted by molar-refractivity contribution is 5.68. The van der Waals surface area contributed by atoms with Crippen LogP contribution in [0.2, 0.25) is 0 Å². The first kappa shape index (κ1) is 21.1. The van der Waals surface area contributed by atoms with Crippen LogP contribution in [0.3, 0.4) is 0 Å². The average Bonchev–Trinajstić information content (AvgIpc) is 2.64. The molecule has 150 valence electrons.